The van der Waals surface area contributed by atoms with Crippen LogP contribution in [0.25, 0.3) is 0 Å². The molecule has 1 aliphatic heterocycles. The van der Waals surface area contributed by atoms with Crippen molar-refractivity contribution in [3.63, 3.8) is 0 Å². The number of piperidine rings is 1. The molecule has 1 saturated heterocycles. The van der Waals surface area contributed by atoms with Gasteiger partial charge in [0, 0.05) is 28.6 Å². The van der Waals surface area contributed by atoms with Gasteiger partial charge in [0.25, 0.3) is 0 Å². The molecule has 3 rings (SSSR count). The number of hydrogen-bond donors (Lipinski definition) is 2. The summed E-state index contributed by atoms with van der Waals surface area (Å²) >= 11 is 0. The van der Waals surface area contributed by atoms with Gasteiger partial charge in [-0.2, -0.15) is 0 Å². The second kappa shape index (κ2) is 8.06. The number of aliphatic hydroxyl groups excluding tert-OH is 1. The Morgan fingerprint density at radius 3 is 2.25 bits per heavy atom. The van der Waals surface area contributed by atoms with Crippen molar-refractivity contribution in [3.8, 4) is 11.5 Å². The van der Waals surface area contributed by atoms with Crippen molar-refractivity contribution in [2.24, 2.45) is 5.92 Å². The Bertz CT molecular complexity index is 808. The van der Waals surface area contributed by atoms with E-state index in [1.165, 1.54) is 0 Å². The van der Waals surface area contributed by atoms with Crippen molar-refractivity contribution >= 4 is 5.78 Å². The molecule has 28 heavy (non-hydrogen) atoms. The largest absolute Gasteiger partial charge is 0.457 e. The van der Waals surface area contributed by atoms with Crippen LogP contribution in [0.4, 0.5) is 0 Å². The molecular weight excluding hydrogens is 350 g/mol. The number of nitrogens with one attached hydrogen (secondary N) is 1. The van der Waals surface area contributed by atoms with Gasteiger partial charge in [0.2, 0.25) is 0 Å². The third-order valence-corrected chi connectivity index (χ3v) is 5.30. The summed E-state index contributed by atoms with van der Waals surface area (Å²) in [4.78, 5) is 12.8. The molecule has 150 valence electrons. The zero-order chi connectivity index (χ0) is 20.4. The van der Waals surface area contributed by atoms with E-state index >= 15 is 0 Å². The summed E-state index contributed by atoms with van der Waals surface area (Å²) in [6, 6.07) is 14.7. The van der Waals surface area contributed by atoms with Crippen molar-refractivity contribution in [1.82, 2.24) is 5.32 Å². The number of ketones is 1. The highest BCUT2D eigenvalue weighted by atomic mass is 16.5. The van der Waals surface area contributed by atoms with Crippen LogP contribution in [0.15, 0.2) is 48.5 Å². The molecule has 4 nitrogen and oxygen atoms in total. The maximum atomic E-state index is 12.8. The van der Waals surface area contributed by atoms with E-state index in [2.05, 4.69) is 33.0 Å². The van der Waals surface area contributed by atoms with Crippen LogP contribution < -0.4 is 10.1 Å². The van der Waals surface area contributed by atoms with Gasteiger partial charge in [-0.15, -0.1) is 0 Å². The van der Waals surface area contributed by atoms with Crippen molar-refractivity contribution in [3.05, 3.63) is 59.7 Å². The van der Waals surface area contributed by atoms with E-state index in [4.69, 9.17) is 4.74 Å². The minimum atomic E-state index is -0.0737. The van der Waals surface area contributed by atoms with Crippen LogP contribution >= 0.6 is 0 Å². The smallest absolute Gasteiger partial charge is 0.163 e. The van der Waals surface area contributed by atoms with E-state index in [1.807, 2.05) is 48.5 Å². The quantitative estimate of drug-likeness (QED) is 0.684. The first-order valence-electron chi connectivity index (χ1n) is 9.97. The summed E-state index contributed by atoms with van der Waals surface area (Å²) < 4.78 is 5.86. The van der Waals surface area contributed by atoms with Gasteiger partial charge in [0.05, 0.1) is 6.61 Å². The molecule has 0 aromatic heterocycles. The fourth-order valence-corrected chi connectivity index (χ4v) is 4.63. The van der Waals surface area contributed by atoms with Crippen molar-refractivity contribution in [2.45, 2.75) is 64.6 Å². The Morgan fingerprint density at radius 2 is 1.64 bits per heavy atom. The number of carbonyl (C=O) groups is 1. The fraction of sp³-hybridized carbons (Fsp3) is 0.458. The average molecular weight is 382 g/mol. The fourth-order valence-electron chi connectivity index (χ4n) is 4.63. The van der Waals surface area contributed by atoms with Gasteiger partial charge in [-0.3, -0.25) is 4.79 Å². The van der Waals surface area contributed by atoms with Gasteiger partial charge in [0.1, 0.15) is 11.5 Å². The Hall–Kier alpha value is -2.17. The predicted octanol–water partition coefficient (Wildman–Crippen LogP) is 5.10. The molecule has 2 N–H and O–H groups in total. The van der Waals surface area contributed by atoms with Crippen molar-refractivity contribution in [1.29, 1.82) is 0 Å². The second-order valence-electron chi connectivity index (χ2n) is 9.19. The third-order valence-electron chi connectivity index (χ3n) is 5.30. The maximum Gasteiger partial charge on any atom is 0.163 e. The maximum absolute atomic E-state index is 12.8. The van der Waals surface area contributed by atoms with E-state index in [0.717, 1.165) is 24.0 Å². The highest BCUT2D eigenvalue weighted by Crippen LogP contribution is 2.35. The van der Waals surface area contributed by atoms with Crippen molar-refractivity contribution < 1.29 is 14.6 Å². The molecule has 0 amide bonds. The van der Waals surface area contributed by atoms with E-state index in [0.29, 0.717) is 23.8 Å². The van der Waals surface area contributed by atoms with E-state index in [1.54, 1.807) is 0 Å². The van der Waals surface area contributed by atoms with Gasteiger partial charge >= 0.3 is 0 Å². The Morgan fingerprint density at radius 1 is 1.04 bits per heavy atom. The lowest BCUT2D eigenvalue weighted by Crippen LogP contribution is -2.57. The molecule has 0 aliphatic carbocycles. The summed E-state index contributed by atoms with van der Waals surface area (Å²) in [5.74, 6) is 1.84. The molecule has 0 unspecified atom stereocenters. The zero-order valence-corrected chi connectivity index (χ0v) is 17.3. The normalized spacial score (nSPS) is 18.6. The Labute approximate surface area is 167 Å². The first kappa shape index (κ1) is 20.6. The standard InChI is InChI=1S/C24H31NO3/c1-23(2)14-17(15-24(3,4)25-23)13-21(27)18-9-11-20(12-10-18)28-22-8-6-5-7-19(22)16-26/h5-12,17,25-26H,13-16H2,1-4H3. The van der Waals surface area contributed by atoms with Crippen LogP contribution in [0, 0.1) is 5.92 Å². The molecule has 2 aromatic rings. The Kier molecular flexibility index (Phi) is 5.92. The van der Waals surface area contributed by atoms with E-state index < -0.39 is 0 Å². The third kappa shape index (κ3) is 5.21. The zero-order valence-electron chi connectivity index (χ0n) is 17.3. The summed E-state index contributed by atoms with van der Waals surface area (Å²) in [6.07, 6.45) is 2.57. The Balaban J connectivity index is 1.65. The van der Waals surface area contributed by atoms with Crippen molar-refractivity contribution in [2.75, 3.05) is 0 Å². The summed E-state index contributed by atoms with van der Waals surface area (Å²) in [5.41, 5.74) is 1.55. The molecule has 0 atom stereocenters. The van der Waals surface area contributed by atoms with Gasteiger partial charge in [-0.1, -0.05) is 18.2 Å². The summed E-state index contributed by atoms with van der Waals surface area (Å²) in [5, 5.41) is 13.1. The first-order valence-corrected chi connectivity index (χ1v) is 9.97. The molecule has 4 heteroatoms. The predicted molar refractivity (Wildman–Crippen MR) is 112 cm³/mol. The van der Waals surface area contributed by atoms with E-state index in [-0.39, 0.29) is 23.5 Å². The van der Waals surface area contributed by atoms with E-state index in [9.17, 15) is 9.90 Å². The summed E-state index contributed by atoms with van der Waals surface area (Å²) in [7, 11) is 0. The SMILES string of the molecule is CC1(C)CC(CC(=O)c2ccc(Oc3ccccc3CO)cc2)CC(C)(C)N1. The second-order valence-corrected chi connectivity index (χ2v) is 9.19. The molecule has 1 aliphatic rings. The molecule has 0 spiro atoms. The monoisotopic (exact) mass is 381 g/mol. The summed E-state index contributed by atoms with van der Waals surface area (Å²) in [6.45, 7) is 8.77. The highest BCUT2D eigenvalue weighted by Gasteiger charge is 2.38. The van der Waals surface area contributed by atoms with Crippen LogP contribution in [0.2, 0.25) is 0 Å². The number of carbonyl (C=O) groups excluding carboxylic acids is 1. The number of benzene rings is 2. The molecule has 1 fully saturated rings. The lowest BCUT2D eigenvalue weighted by atomic mass is 9.74. The van der Waals surface area contributed by atoms with Crippen LogP contribution in [-0.2, 0) is 6.61 Å². The molecule has 2 aromatic carbocycles. The minimum absolute atomic E-state index is 0.0461. The number of aliphatic hydroxyl groups is 1. The topological polar surface area (TPSA) is 58.6 Å². The molecule has 0 radical (unpaired) electrons. The number of Topliss-reactive ketones (excluding diaryl/α,β-unsaturated/α-hetero) is 1. The van der Waals surface area contributed by atoms with Gasteiger partial charge in [0.15, 0.2) is 5.78 Å². The first-order chi connectivity index (χ1) is 13.2. The van der Waals surface area contributed by atoms with Gasteiger partial charge in [-0.25, -0.2) is 0 Å². The number of rotatable bonds is 6. The molecule has 1 heterocycles. The number of ether oxygens (including phenoxy) is 1. The van der Waals surface area contributed by atoms with Crippen LogP contribution in [0.3, 0.4) is 0 Å². The van der Waals surface area contributed by atoms with Gasteiger partial charge < -0.3 is 15.2 Å². The molecular formula is C24H31NO3. The number of para-hydroxylation sites is 1. The number of hydrogen-bond acceptors (Lipinski definition) is 4. The average Bonchev–Trinajstić information content (AvgIpc) is 2.60. The molecule has 0 saturated carbocycles. The lowest BCUT2D eigenvalue weighted by molar-refractivity contribution is 0.0864. The van der Waals surface area contributed by atoms with Crippen LogP contribution in [0.1, 0.15) is 62.9 Å². The van der Waals surface area contributed by atoms with Crippen LogP contribution in [0.5, 0.6) is 11.5 Å². The lowest BCUT2D eigenvalue weighted by Gasteiger charge is -2.46. The van der Waals surface area contributed by atoms with Crippen LogP contribution in [-0.4, -0.2) is 22.0 Å². The molecule has 0 bridgehead atoms. The minimum Gasteiger partial charge on any atom is -0.457 e. The van der Waals surface area contributed by atoms with Gasteiger partial charge in [-0.05, 0) is 76.8 Å². The highest BCUT2D eigenvalue weighted by molar-refractivity contribution is 5.96.